The van der Waals surface area contributed by atoms with E-state index in [4.69, 9.17) is 5.11 Å². The van der Waals surface area contributed by atoms with Crippen LogP contribution in [0.3, 0.4) is 0 Å². The van der Waals surface area contributed by atoms with Gasteiger partial charge in [-0.1, -0.05) is 0 Å². The Morgan fingerprint density at radius 1 is 1.20 bits per heavy atom. The maximum Gasteiger partial charge on any atom is 1.00 e. The molecule has 0 rings (SSSR count). The average molecular weight is 102 g/mol. The maximum absolute atomic E-state index is 7.00. The van der Waals surface area contributed by atoms with Gasteiger partial charge < -0.3 is 17.7 Å². The fraction of sp³-hybridized carbons (Fsp3) is 1.00. The summed E-state index contributed by atoms with van der Waals surface area (Å²) in [5.41, 5.74) is 0. The minimum Gasteiger partial charge on any atom is -0.796 e. The third-order valence-corrected chi connectivity index (χ3v) is 0. The van der Waals surface area contributed by atoms with Crippen molar-refractivity contribution >= 4 is 12.6 Å². The molecule has 0 atom stereocenters. The van der Waals surface area contributed by atoms with Gasteiger partial charge in [-0.05, 0) is 0 Å². The van der Waals surface area contributed by atoms with Gasteiger partial charge in [-0.25, -0.2) is 0 Å². The monoisotopic (exact) mass is 102 g/mol. The van der Waals surface area contributed by atoms with Crippen LogP contribution < -0.4 is 29.6 Å². The minimum absolute atomic E-state index is 0. The molecule has 28 valence electrons. The standard InChI is InChI=1S/CH4O.CH4S.Na/c2*1-2;/h2*2H,1H3;/q;;+1/p-1. The van der Waals surface area contributed by atoms with Crippen molar-refractivity contribution in [2.24, 2.45) is 0 Å². The van der Waals surface area contributed by atoms with Gasteiger partial charge in [0.1, 0.15) is 0 Å². The second kappa shape index (κ2) is 57.5. The molecule has 0 aromatic rings. The van der Waals surface area contributed by atoms with E-state index in [-0.39, 0.29) is 29.6 Å². The van der Waals surface area contributed by atoms with Crippen molar-refractivity contribution in [3.8, 4) is 0 Å². The quantitative estimate of drug-likeness (QED) is 0.256. The summed E-state index contributed by atoms with van der Waals surface area (Å²) in [5.74, 6) is 0. The molecular formula is C2H7NaOS. The van der Waals surface area contributed by atoms with E-state index in [9.17, 15) is 0 Å². The van der Waals surface area contributed by atoms with Crippen LogP contribution in [0.4, 0.5) is 0 Å². The number of hydrogen-bond acceptors (Lipinski definition) is 2. The molecule has 0 aliphatic heterocycles. The summed E-state index contributed by atoms with van der Waals surface area (Å²) in [6.45, 7) is 0. The molecule has 0 aliphatic rings. The first-order valence-electron chi connectivity index (χ1n) is 0.855. The molecule has 0 aliphatic carbocycles. The van der Waals surface area contributed by atoms with Crippen LogP contribution in [0.1, 0.15) is 0 Å². The van der Waals surface area contributed by atoms with Gasteiger partial charge in [0.25, 0.3) is 0 Å². The number of aliphatic hydroxyl groups excluding tert-OH is 1. The molecule has 0 amide bonds. The first-order chi connectivity index (χ1) is 2.00. The zero-order valence-corrected chi connectivity index (χ0v) is 6.67. The van der Waals surface area contributed by atoms with Crippen LogP contribution in [-0.2, 0) is 12.6 Å². The summed E-state index contributed by atoms with van der Waals surface area (Å²) in [6.07, 6.45) is 1.58. The van der Waals surface area contributed by atoms with Crippen molar-refractivity contribution in [3.05, 3.63) is 0 Å². The van der Waals surface area contributed by atoms with Gasteiger partial charge in [-0.2, -0.15) is 6.26 Å². The Kier molecular flexibility index (Phi) is 187. The molecule has 0 radical (unpaired) electrons. The van der Waals surface area contributed by atoms with E-state index in [2.05, 4.69) is 12.6 Å². The van der Waals surface area contributed by atoms with Crippen molar-refractivity contribution in [2.45, 2.75) is 0 Å². The van der Waals surface area contributed by atoms with E-state index in [0.717, 1.165) is 7.11 Å². The first-order valence-corrected chi connectivity index (χ1v) is 1.67. The van der Waals surface area contributed by atoms with Crippen LogP contribution in [0, 0.1) is 0 Å². The van der Waals surface area contributed by atoms with Crippen molar-refractivity contribution in [2.75, 3.05) is 13.4 Å². The normalized spacial score (nSPS) is 2.40. The van der Waals surface area contributed by atoms with Crippen LogP contribution in [0.5, 0.6) is 0 Å². The number of aliphatic hydroxyl groups is 1. The Morgan fingerprint density at radius 3 is 1.20 bits per heavy atom. The van der Waals surface area contributed by atoms with Crippen LogP contribution in [0.15, 0.2) is 0 Å². The molecule has 0 aromatic heterocycles. The molecule has 3 heteroatoms. The second-order valence-electron chi connectivity index (χ2n) is 0. The third-order valence-electron chi connectivity index (χ3n) is 0. The fourth-order valence-electron chi connectivity index (χ4n) is 0. The Bertz CT molecular complexity index is 9.61. The molecule has 0 unspecified atom stereocenters. The molecule has 1 nitrogen and oxygen atoms in total. The first kappa shape index (κ1) is 16.2. The number of hydrogen-bond donors (Lipinski definition) is 1. The van der Waals surface area contributed by atoms with Crippen molar-refractivity contribution in [1.82, 2.24) is 0 Å². The molecule has 0 saturated heterocycles. The van der Waals surface area contributed by atoms with Gasteiger partial charge in [-0.3, -0.25) is 0 Å². The summed E-state index contributed by atoms with van der Waals surface area (Å²) in [6, 6.07) is 0. The number of rotatable bonds is 0. The van der Waals surface area contributed by atoms with Gasteiger partial charge in [0.05, 0.1) is 0 Å². The van der Waals surface area contributed by atoms with Gasteiger partial charge in [0, 0.05) is 7.11 Å². The fourth-order valence-corrected chi connectivity index (χ4v) is 0. The molecule has 0 spiro atoms. The minimum atomic E-state index is 0. The Morgan fingerprint density at radius 2 is 1.20 bits per heavy atom. The van der Waals surface area contributed by atoms with Crippen LogP contribution in [0.25, 0.3) is 0 Å². The molecule has 0 heterocycles. The zero-order chi connectivity index (χ0) is 4.00. The largest absolute Gasteiger partial charge is 1.00 e. The molecule has 0 aromatic carbocycles. The maximum atomic E-state index is 7.00. The summed E-state index contributed by atoms with van der Waals surface area (Å²) in [5, 5.41) is 7.00. The molecule has 0 bridgehead atoms. The van der Waals surface area contributed by atoms with Crippen molar-refractivity contribution in [3.63, 3.8) is 0 Å². The Labute approximate surface area is 60.5 Å². The summed E-state index contributed by atoms with van der Waals surface area (Å²) in [7, 11) is 1.00. The van der Waals surface area contributed by atoms with E-state index in [0.29, 0.717) is 0 Å². The molecule has 1 N–H and O–H groups in total. The van der Waals surface area contributed by atoms with Crippen LogP contribution in [-0.4, -0.2) is 18.5 Å². The molecule has 0 fully saturated rings. The van der Waals surface area contributed by atoms with Crippen molar-refractivity contribution in [1.29, 1.82) is 0 Å². The smallest absolute Gasteiger partial charge is 0.796 e. The van der Waals surface area contributed by atoms with E-state index in [1.807, 2.05) is 0 Å². The van der Waals surface area contributed by atoms with Gasteiger partial charge >= 0.3 is 29.6 Å². The van der Waals surface area contributed by atoms with E-state index in [1.54, 1.807) is 6.26 Å². The third kappa shape index (κ3) is 33.9. The van der Waals surface area contributed by atoms with Gasteiger partial charge in [0.2, 0.25) is 0 Å². The predicted octanol–water partition coefficient (Wildman–Crippen LogP) is -3.22. The second-order valence-corrected chi connectivity index (χ2v) is 0. The van der Waals surface area contributed by atoms with E-state index < -0.39 is 0 Å². The Hall–Kier alpha value is 1.31. The van der Waals surface area contributed by atoms with E-state index in [1.165, 1.54) is 0 Å². The van der Waals surface area contributed by atoms with Gasteiger partial charge in [0.15, 0.2) is 0 Å². The SMILES string of the molecule is CO.C[S-].[Na+]. The average Bonchev–Trinajstić information content (AvgIpc) is 1.50. The zero-order valence-electron chi connectivity index (χ0n) is 3.86. The molecule has 0 saturated carbocycles. The topological polar surface area (TPSA) is 20.2 Å². The molecular weight excluding hydrogens is 95.1 g/mol. The summed E-state index contributed by atoms with van der Waals surface area (Å²) >= 11 is 4.08. The van der Waals surface area contributed by atoms with Crippen LogP contribution >= 0.6 is 0 Å². The van der Waals surface area contributed by atoms with Gasteiger partial charge in [-0.15, -0.1) is 0 Å². The van der Waals surface area contributed by atoms with Crippen molar-refractivity contribution < 1.29 is 34.7 Å². The Balaban J connectivity index is -0.0000000133. The predicted molar refractivity (Wildman–Crippen MR) is 21.4 cm³/mol. The van der Waals surface area contributed by atoms with E-state index >= 15 is 0 Å². The summed E-state index contributed by atoms with van der Waals surface area (Å²) in [4.78, 5) is 0. The molecule has 5 heavy (non-hydrogen) atoms. The van der Waals surface area contributed by atoms with Crippen LogP contribution in [0.2, 0.25) is 0 Å². The summed E-state index contributed by atoms with van der Waals surface area (Å²) < 4.78 is 0.